The number of amides is 1. The topological polar surface area (TPSA) is 89.9 Å². The van der Waals surface area contributed by atoms with Crippen LogP contribution in [0.2, 0.25) is 0 Å². The molecule has 0 spiro atoms. The number of nitrogens with zero attached hydrogens (tertiary/aromatic N) is 4. The van der Waals surface area contributed by atoms with Gasteiger partial charge in [-0.25, -0.2) is 4.79 Å². The molecule has 0 bridgehead atoms. The Bertz CT molecular complexity index is 638. The molecule has 1 aromatic carbocycles. The maximum Gasteiger partial charge on any atom is 0.412 e. The molecule has 22 heavy (non-hydrogen) atoms. The number of hydrogen-bond acceptors (Lipinski definition) is 7. The fourth-order valence-corrected chi connectivity index (χ4v) is 1.79. The second kappa shape index (κ2) is 6.69. The van der Waals surface area contributed by atoms with E-state index in [1.165, 1.54) is 11.8 Å². The van der Waals surface area contributed by atoms with Crippen molar-refractivity contribution in [2.75, 3.05) is 11.6 Å². The highest BCUT2D eigenvalue weighted by Crippen LogP contribution is 2.18. The number of benzene rings is 1. The summed E-state index contributed by atoms with van der Waals surface area (Å²) in [5, 5.41) is 19.1. The van der Waals surface area contributed by atoms with Crippen LogP contribution in [0.3, 0.4) is 0 Å². The first kappa shape index (κ1) is 16.2. The Hall–Kier alpha value is -2.22. The van der Waals surface area contributed by atoms with Crippen LogP contribution in [0, 0.1) is 0 Å². The van der Waals surface area contributed by atoms with Crippen LogP contribution < -0.4 is 5.32 Å². The van der Waals surface area contributed by atoms with E-state index in [-0.39, 0.29) is 0 Å². The summed E-state index contributed by atoms with van der Waals surface area (Å²) in [6.07, 6.45) is 1.36. The molecule has 0 unspecified atom stereocenters. The molecular weight excluding hydrogens is 302 g/mol. The zero-order valence-electron chi connectivity index (χ0n) is 12.8. The van der Waals surface area contributed by atoms with E-state index in [9.17, 15) is 4.79 Å². The molecule has 1 amide bonds. The maximum absolute atomic E-state index is 11.7. The molecule has 1 heterocycles. The molecule has 116 valence electrons. The first-order chi connectivity index (χ1) is 10.4. The molecule has 8 heteroatoms. The summed E-state index contributed by atoms with van der Waals surface area (Å²) in [7, 11) is 0. The van der Waals surface area contributed by atoms with Crippen molar-refractivity contribution in [1.29, 1.82) is 0 Å². The normalized spacial score (nSPS) is 11.1. The third-order valence-corrected chi connectivity index (χ3v) is 2.96. The number of carbonyl (C=O) groups excluding carboxylic acids is 1. The Morgan fingerprint density at radius 3 is 2.18 bits per heavy atom. The average molecular weight is 319 g/mol. The van der Waals surface area contributed by atoms with Crippen LogP contribution in [0.5, 0.6) is 0 Å². The first-order valence-corrected chi connectivity index (χ1v) is 7.82. The van der Waals surface area contributed by atoms with Gasteiger partial charge in [0.25, 0.3) is 0 Å². The van der Waals surface area contributed by atoms with E-state index in [4.69, 9.17) is 4.74 Å². The van der Waals surface area contributed by atoms with Gasteiger partial charge in [-0.3, -0.25) is 5.32 Å². The first-order valence-electron chi connectivity index (χ1n) is 6.59. The van der Waals surface area contributed by atoms with Gasteiger partial charge in [0.15, 0.2) is 0 Å². The van der Waals surface area contributed by atoms with Crippen LogP contribution in [-0.2, 0) is 4.74 Å². The highest BCUT2D eigenvalue weighted by atomic mass is 32.2. The minimum absolute atomic E-state index is 0.432. The van der Waals surface area contributed by atoms with Gasteiger partial charge in [-0.1, -0.05) is 11.8 Å². The van der Waals surface area contributed by atoms with Crippen molar-refractivity contribution in [2.24, 2.45) is 0 Å². The number of aromatic nitrogens is 4. The minimum atomic E-state index is -0.533. The Balaban J connectivity index is 2.05. The summed E-state index contributed by atoms with van der Waals surface area (Å²) in [4.78, 5) is 11.7. The molecule has 2 rings (SSSR count). The number of rotatable bonds is 3. The molecule has 0 aliphatic heterocycles. The molecule has 0 aliphatic rings. The van der Waals surface area contributed by atoms with E-state index in [2.05, 4.69) is 25.7 Å². The molecule has 0 saturated heterocycles. The Labute approximate surface area is 132 Å². The van der Waals surface area contributed by atoms with Gasteiger partial charge in [0, 0.05) is 11.3 Å². The molecule has 2 aromatic rings. The van der Waals surface area contributed by atoms with Crippen LogP contribution in [0.4, 0.5) is 10.5 Å². The van der Waals surface area contributed by atoms with E-state index in [0.29, 0.717) is 16.7 Å². The zero-order valence-corrected chi connectivity index (χ0v) is 13.6. The van der Waals surface area contributed by atoms with Crippen LogP contribution in [0.1, 0.15) is 20.8 Å². The summed E-state index contributed by atoms with van der Waals surface area (Å²) in [5.74, 6) is 0.432. The predicted molar refractivity (Wildman–Crippen MR) is 84.7 cm³/mol. The Morgan fingerprint density at radius 2 is 1.68 bits per heavy atom. The summed E-state index contributed by atoms with van der Waals surface area (Å²) in [5.41, 5.74) is 0.857. The van der Waals surface area contributed by atoms with Gasteiger partial charge in [-0.05, 0) is 51.3 Å². The van der Waals surface area contributed by atoms with Crippen molar-refractivity contribution in [3.63, 3.8) is 0 Å². The molecule has 0 aliphatic carbocycles. The molecular formula is C14H17N5O2S. The average Bonchev–Trinajstić information content (AvgIpc) is 2.46. The third kappa shape index (κ3) is 4.66. The van der Waals surface area contributed by atoms with Gasteiger partial charge >= 0.3 is 6.09 Å². The molecule has 0 atom stereocenters. The van der Waals surface area contributed by atoms with Gasteiger partial charge < -0.3 is 4.74 Å². The molecule has 0 fully saturated rings. The molecule has 7 nitrogen and oxygen atoms in total. The van der Waals surface area contributed by atoms with Crippen LogP contribution >= 0.6 is 11.8 Å². The van der Waals surface area contributed by atoms with Crippen molar-refractivity contribution in [2.45, 2.75) is 31.5 Å². The van der Waals surface area contributed by atoms with E-state index in [1.807, 2.05) is 27.0 Å². The summed E-state index contributed by atoms with van der Waals surface area (Å²) in [6, 6.07) is 7.05. The number of anilines is 1. The highest BCUT2D eigenvalue weighted by Gasteiger charge is 2.16. The predicted octanol–water partition coefficient (Wildman–Crippen LogP) is 3.00. The lowest BCUT2D eigenvalue weighted by atomic mass is 10.2. The number of nitrogens with one attached hydrogen (secondary N) is 1. The van der Waals surface area contributed by atoms with Crippen molar-refractivity contribution >= 4 is 23.5 Å². The SMILES string of the molecule is CSc1nnc(-c2ccc(NC(=O)OC(C)(C)C)cc2)nn1. The highest BCUT2D eigenvalue weighted by molar-refractivity contribution is 7.98. The van der Waals surface area contributed by atoms with Crippen molar-refractivity contribution in [3.05, 3.63) is 24.3 Å². The van der Waals surface area contributed by atoms with Gasteiger partial charge in [0.2, 0.25) is 11.0 Å². The third-order valence-electron chi connectivity index (χ3n) is 2.43. The summed E-state index contributed by atoms with van der Waals surface area (Å²) < 4.78 is 5.18. The number of hydrogen-bond donors (Lipinski definition) is 1. The van der Waals surface area contributed by atoms with Crippen LogP contribution in [-0.4, -0.2) is 38.3 Å². The molecule has 1 N–H and O–H groups in total. The molecule has 0 radical (unpaired) electrons. The molecule has 1 aromatic heterocycles. The van der Waals surface area contributed by atoms with Crippen LogP contribution in [0.15, 0.2) is 29.4 Å². The fourth-order valence-electron chi connectivity index (χ4n) is 1.54. The Morgan fingerprint density at radius 1 is 1.09 bits per heavy atom. The summed E-state index contributed by atoms with van der Waals surface area (Å²) >= 11 is 1.38. The minimum Gasteiger partial charge on any atom is -0.444 e. The quantitative estimate of drug-likeness (QED) is 0.870. The largest absolute Gasteiger partial charge is 0.444 e. The lowest BCUT2D eigenvalue weighted by Crippen LogP contribution is -2.27. The van der Waals surface area contributed by atoms with Crippen molar-refractivity contribution < 1.29 is 9.53 Å². The second-order valence-corrected chi connectivity index (χ2v) is 6.19. The van der Waals surface area contributed by atoms with Gasteiger partial charge in [-0.2, -0.15) is 0 Å². The summed E-state index contributed by atoms with van der Waals surface area (Å²) in [6.45, 7) is 5.43. The standard InChI is InChI=1S/C14H17N5O2S/c1-14(2,3)21-13(20)15-10-7-5-9(6-8-10)11-16-18-12(22-4)19-17-11/h5-8H,1-4H3,(H,15,20). The molecule has 0 saturated carbocycles. The smallest absolute Gasteiger partial charge is 0.412 e. The zero-order chi connectivity index (χ0) is 16.2. The number of ether oxygens (including phenoxy) is 1. The van der Waals surface area contributed by atoms with Gasteiger partial charge in [0.1, 0.15) is 5.60 Å². The van der Waals surface area contributed by atoms with E-state index in [1.54, 1.807) is 24.3 Å². The monoisotopic (exact) mass is 319 g/mol. The van der Waals surface area contributed by atoms with E-state index in [0.717, 1.165) is 5.56 Å². The number of carbonyl (C=O) groups is 1. The van der Waals surface area contributed by atoms with Crippen molar-refractivity contribution in [1.82, 2.24) is 20.4 Å². The fraction of sp³-hybridized carbons (Fsp3) is 0.357. The lowest BCUT2D eigenvalue weighted by molar-refractivity contribution is 0.0636. The maximum atomic E-state index is 11.7. The lowest BCUT2D eigenvalue weighted by Gasteiger charge is -2.19. The van der Waals surface area contributed by atoms with E-state index < -0.39 is 11.7 Å². The van der Waals surface area contributed by atoms with Gasteiger partial charge in [-0.15, -0.1) is 20.4 Å². The Kier molecular flexibility index (Phi) is 4.92. The van der Waals surface area contributed by atoms with Crippen LogP contribution in [0.25, 0.3) is 11.4 Å². The second-order valence-electron chi connectivity index (χ2n) is 5.41. The number of thioether (sulfide) groups is 1. The van der Waals surface area contributed by atoms with E-state index >= 15 is 0 Å². The van der Waals surface area contributed by atoms with Gasteiger partial charge in [0.05, 0.1) is 0 Å². The van der Waals surface area contributed by atoms with Crippen molar-refractivity contribution in [3.8, 4) is 11.4 Å².